The molecule has 0 aliphatic carbocycles. The van der Waals surface area contributed by atoms with Gasteiger partial charge in [-0.2, -0.15) is 30.0 Å². The van der Waals surface area contributed by atoms with Crippen LogP contribution in [0.3, 0.4) is 0 Å². The Morgan fingerprint density at radius 1 is 0.344 bits per heavy atom. The van der Waals surface area contributed by atoms with Crippen LogP contribution in [-0.2, 0) is 14.2 Å². The number of hydrogen-bond donors (Lipinski definition) is 3. The Labute approximate surface area is 366 Å². The summed E-state index contributed by atoms with van der Waals surface area (Å²) in [7, 11) is 4.06. The second-order valence-electron chi connectivity index (χ2n) is 14.2. The molecule has 64 heavy (non-hydrogen) atoms. The number of aliphatic imine (C=N–C) groups is 6. The molecule has 0 atom stereocenters. The Morgan fingerprint density at radius 2 is 0.562 bits per heavy atom. The molecule has 0 saturated heterocycles. The van der Waals surface area contributed by atoms with Crippen molar-refractivity contribution in [2.75, 3.05) is 37.3 Å². The summed E-state index contributed by atoms with van der Waals surface area (Å²) in [5, 5.41) is 9.84. The smallest absolute Gasteiger partial charge is 0.337 e. The Morgan fingerprint density at radius 3 is 0.781 bits per heavy atom. The Balaban J connectivity index is 0.979. The molecule has 16 heteroatoms. The molecule has 0 spiro atoms. The molecular weight excluding hydrogens is 813 g/mol. The van der Waals surface area contributed by atoms with E-state index >= 15 is 0 Å². The zero-order chi connectivity index (χ0) is 44.2. The maximum Gasteiger partial charge on any atom is 0.337 e. The van der Waals surface area contributed by atoms with Crippen molar-refractivity contribution in [3.05, 3.63) is 162 Å². The highest BCUT2D eigenvalue weighted by molar-refractivity contribution is 6.32. The van der Waals surface area contributed by atoms with E-state index < -0.39 is 17.9 Å². The van der Waals surface area contributed by atoms with Gasteiger partial charge in [-0.1, -0.05) is 72.8 Å². The average molecular weight is 849 g/mol. The number of rotatable bonds is 9. The number of nitrogens with one attached hydrogen (secondary N) is 3. The molecule has 0 fully saturated rings. The second kappa shape index (κ2) is 17.5. The first-order valence-corrected chi connectivity index (χ1v) is 19.7. The largest absolute Gasteiger partial charge is 0.465 e. The first kappa shape index (κ1) is 40.4. The highest BCUT2D eigenvalue weighted by Gasteiger charge is 2.35. The Hall–Kier alpha value is -9.05. The third-order valence-corrected chi connectivity index (χ3v) is 10.2. The summed E-state index contributed by atoms with van der Waals surface area (Å²) in [5.74, 6) is 0.214. The van der Waals surface area contributed by atoms with Crippen LogP contribution < -0.4 is 16.0 Å². The normalized spacial score (nSPS) is 13.6. The number of guanidine groups is 6. The first-order valence-electron chi connectivity index (χ1n) is 19.7. The summed E-state index contributed by atoms with van der Waals surface area (Å²) < 4.78 is 14.5. The summed E-state index contributed by atoms with van der Waals surface area (Å²) in [4.78, 5) is 65.7. The molecule has 9 rings (SSSR count). The van der Waals surface area contributed by atoms with Gasteiger partial charge in [0, 0.05) is 17.1 Å². The zero-order valence-corrected chi connectivity index (χ0v) is 34.4. The van der Waals surface area contributed by atoms with Gasteiger partial charge in [-0.3, -0.25) is 0 Å². The van der Waals surface area contributed by atoms with Gasteiger partial charge in [-0.15, -0.1) is 0 Å². The molecule has 3 heterocycles. The topological polar surface area (TPSA) is 192 Å². The Kier molecular flexibility index (Phi) is 11.0. The van der Waals surface area contributed by atoms with Crippen molar-refractivity contribution in [3.8, 4) is 33.4 Å². The lowest BCUT2D eigenvalue weighted by molar-refractivity contribution is 0.0592. The van der Waals surface area contributed by atoms with Gasteiger partial charge < -0.3 is 30.2 Å². The summed E-state index contributed by atoms with van der Waals surface area (Å²) in [6.45, 7) is 0. The summed E-state index contributed by atoms with van der Waals surface area (Å²) in [6.07, 6.45) is 0. The van der Waals surface area contributed by atoms with Crippen LogP contribution in [0.1, 0.15) is 31.1 Å². The van der Waals surface area contributed by atoms with E-state index in [1.54, 1.807) is 41.3 Å². The van der Waals surface area contributed by atoms with Crippen LogP contribution in [0.4, 0.5) is 17.1 Å². The van der Waals surface area contributed by atoms with Crippen molar-refractivity contribution in [3.63, 3.8) is 0 Å². The average Bonchev–Trinajstić information content (AvgIpc) is 3.34. The molecule has 6 aromatic rings. The van der Waals surface area contributed by atoms with Crippen LogP contribution in [0.15, 0.2) is 176 Å². The lowest BCUT2D eigenvalue weighted by Crippen LogP contribution is -2.49. The summed E-state index contributed by atoms with van der Waals surface area (Å²) >= 11 is 0. The van der Waals surface area contributed by atoms with Crippen LogP contribution in [0.5, 0.6) is 0 Å². The van der Waals surface area contributed by atoms with Gasteiger partial charge in [0.15, 0.2) is 0 Å². The van der Waals surface area contributed by atoms with Crippen molar-refractivity contribution >= 4 is 70.7 Å². The van der Waals surface area contributed by atoms with E-state index in [0.717, 1.165) is 33.4 Å². The van der Waals surface area contributed by atoms with Crippen molar-refractivity contribution in [2.45, 2.75) is 0 Å². The van der Waals surface area contributed by atoms with E-state index in [2.05, 4.69) is 16.0 Å². The number of carbonyl (C=O) groups excluding carboxylic acids is 3. The fraction of sp³-hybridized carbons (Fsp3) is 0.0625. The van der Waals surface area contributed by atoms with Crippen molar-refractivity contribution < 1.29 is 28.6 Å². The number of benzene rings is 6. The highest BCUT2D eigenvalue weighted by Crippen LogP contribution is 2.27. The number of ether oxygens (including phenoxy) is 3. The molecule has 0 aromatic heterocycles. The fourth-order valence-corrected chi connectivity index (χ4v) is 6.83. The molecule has 0 unspecified atom stereocenters. The molecule has 0 saturated carbocycles. The Bertz CT molecular complexity index is 2650. The number of esters is 3. The molecule has 0 bridgehead atoms. The maximum absolute atomic E-state index is 11.9. The third kappa shape index (κ3) is 8.59. The number of carbonyl (C=O) groups is 3. The number of anilines is 3. The van der Waals surface area contributed by atoms with Crippen molar-refractivity contribution in [1.82, 2.24) is 4.90 Å². The van der Waals surface area contributed by atoms with Gasteiger partial charge in [0.05, 0.1) is 38.0 Å². The molecular formula is C48H36N10O6. The van der Waals surface area contributed by atoms with Gasteiger partial charge in [0.25, 0.3) is 0 Å². The van der Waals surface area contributed by atoms with Gasteiger partial charge in [0.1, 0.15) is 0 Å². The first-order chi connectivity index (χ1) is 31.2. The van der Waals surface area contributed by atoms with E-state index in [1.807, 2.05) is 109 Å². The van der Waals surface area contributed by atoms with Crippen LogP contribution in [-0.4, -0.2) is 79.9 Å². The van der Waals surface area contributed by atoms with Crippen molar-refractivity contribution in [1.29, 1.82) is 0 Å². The van der Waals surface area contributed by atoms with E-state index in [9.17, 15) is 14.4 Å². The van der Waals surface area contributed by atoms with Gasteiger partial charge in [-0.05, 0) is 106 Å². The van der Waals surface area contributed by atoms with E-state index in [0.29, 0.717) is 33.8 Å². The molecule has 3 aliphatic rings. The summed E-state index contributed by atoms with van der Waals surface area (Å²) in [6, 6.07) is 44.6. The molecule has 3 N–H and O–H groups in total. The molecule has 3 aliphatic heterocycles. The van der Waals surface area contributed by atoms with Crippen LogP contribution in [0, 0.1) is 0 Å². The van der Waals surface area contributed by atoms with Crippen LogP contribution in [0.25, 0.3) is 33.4 Å². The number of nitrogens with zero attached hydrogens (tertiary/aromatic N) is 7. The van der Waals surface area contributed by atoms with E-state index in [1.165, 1.54) is 21.3 Å². The van der Waals surface area contributed by atoms with Crippen molar-refractivity contribution in [2.24, 2.45) is 30.0 Å². The monoisotopic (exact) mass is 848 g/mol. The fourth-order valence-electron chi connectivity index (χ4n) is 6.83. The molecule has 314 valence electrons. The predicted octanol–water partition coefficient (Wildman–Crippen LogP) is 8.16. The lowest BCUT2D eigenvalue weighted by Gasteiger charge is -2.30. The van der Waals surface area contributed by atoms with E-state index in [4.69, 9.17) is 44.2 Å². The predicted molar refractivity (Wildman–Crippen MR) is 247 cm³/mol. The van der Waals surface area contributed by atoms with Crippen LogP contribution in [0.2, 0.25) is 0 Å². The maximum atomic E-state index is 11.9. The van der Waals surface area contributed by atoms with Gasteiger partial charge >= 0.3 is 17.9 Å². The number of hydrogen-bond acceptors (Lipinski definition) is 16. The molecule has 0 radical (unpaired) electrons. The number of methoxy groups -OCH3 is 3. The van der Waals surface area contributed by atoms with E-state index in [-0.39, 0.29) is 35.8 Å². The minimum Gasteiger partial charge on any atom is -0.465 e. The minimum atomic E-state index is -0.396. The molecule has 16 nitrogen and oxygen atoms in total. The third-order valence-electron chi connectivity index (χ3n) is 10.2. The summed E-state index contributed by atoms with van der Waals surface area (Å²) in [5.41, 5.74) is 9.14. The standard InChI is InChI=1S/C48H36N10O6/c1-62-40(59)34-10-4-28(5-11-34)31-16-22-37(23-17-31)49-43-52-46-54-44(50-38-24-18-32(19-25-38)29-6-12-35(13-7-29)41(60)63-2)56-48-57-45(55-47(53-43)58(46)48)51-39-26-20-33(21-27-39)30-8-14-36(15-9-30)42(61)64-3/h4-27H,1-3H3,(H3,49,50,51,52,53,54,55,56,57). The van der Waals surface area contributed by atoms with Crippen LogP contribution >= 0.6 is 0 Å². The van der Waals surface area contributed by atoms with Gasteiger partial charge in [-0.25, -0.2) is 19.3 Å². The molecule has 6 aromatic carbocycles. The second-order valence-corrected chi connectivity index (χ2v) is 14.2. The molecule has 0 amide bonds. The zero-order valence-electron chi connectivity index (χ0n) is 34.4. The highest BCUT2D eigenvalue weighted by atomic mass is 16.5. The van der Waals surface area contributed by atoms with Gasteiger partial charge in [0.2, 0.25) is 35.8 Å². The lowest BCUT2D eigenvalue weighted by atomic mass is 10.0. The minimum absolute atomic E-state index is 0.232. The quantitative estimate of drug-likeness (QED) is 0.0945. The SMILES string of the molecule is COC(=O)c1ccc(-c2ccc(NC3=NC4=NC(Nc5ccc(-c6ccc(C(=O)OC)cc6)cc5)=NC5=NC(Nc6ccc(-c7ccc(C(=O)OC)cc7)cc6)=NC(=N3)N45)cc2)cc1.